The molecular formula is C19H24N4O2. The fourth-order valence-corrected chi connectivity index (χ4v) is 2.95. The largest absolute Gasteiger partial charge is 0.369 e. The number of rotatable bonds is 6. The van der Waals surface area contributed by atoms with Gasteiger partial charge in [-0.15, -0.1) is 0 Å². The molecule has 25 heavy (non-hydrogen) atoms. The van der Waals surface area contributed by atoms with E-state index in [0.717, 1.165) is 23.0 Å². The van der Waals surface area contributed by atoms with Gasteiger partial charge in [-0.3, -0.25) is 4.79 Å². The van der Waals surface area contributed by atoms with Crippen molar-refractivity contribution in [2.24, 2.45) is 5.92 Å². The fourth-order valence-electron chi connectivity index (χ4n) is 2.95. The van der Waals surface area contributed by atoms with Crippen molar-refractivity contribution in [1.29, 1.82) is 0 Å². The van der Waals surface area contributed by atoms with Gasteiger partial charge in [-0.2, -0.15) is 0 Å². The molecule has 0 bridgehead atoms. The molecule has 0 aliphatic heterocycles. The summed E-state index contributed by atoms with van der Waals surface area (Å²) >= 11 is 0. The summed E-state index contributed by atoms with van der Waals surface area (Å²) in [6, 6.07) is 7.92. The van der Waals surface area contributed by atoms with Gasteiger partial charge in [-0.1, -0.05) is 32.0 Å². The molecule has 1 unspecified atom stereocenters. The molecule has 1 N–H and O–H groups in total. The summed E-state index contributed by atoms with van der Waals surface area (Å²) in [7, 11) is 0. The number of pyridine rings is 1. The maximum Gasteiger partial charge on any atom is 0.254 e. The lowest BCUT2D eigenvalue weighted by atomic mass is 10.1. The van der Waals surface area contributed by atoms with Crippen molar-refractivity contribution in [2.45, 2.75) is 40.3 Å². The Kier molecular flexibility index (Phi) is 4.99. The van der Waals surface area contributed by atoms with Crippen LogP contribution in [-0.2, 0) is 16.1 Å². The van der Waals surface area contributed by atoms with Crippen LogP contribution in [0.4, 0.5) is 5.82 Å². The quantitative estimate of drug-likeness (QED) is 0.744. The van der Waals surface area contributed by atoms with Crippen LogP contribution >= 0.6 is 0 Å². The lowest BCUT2D eigenvalue weighted by Gasteiger charge is -2.14. The predicted molar refractivity (Wildman–Crippen MR) is 99.6 cm³/mol. The molecule has 0 radical (unpaired) electrons. The first-order chi connectivity index (χ1) is 12.0. The molecule has 1 atom stereocenters. The molecule has 0 saturated heterocycles. The standard InChI is InChI=1S/C19H24N4O2/c1-5-25-13(4)19(24)22-18-16-17(23(11-20-16)10-12(2)3)14-8-6-7-9-15(14)21-18/h6-9,11-13H,5,10H2,1-4H3,(H,21,22,24). The van der Waals surface area contributed by atoms with Crippen LogP contribution in [0.3, 0.4) is 0 Å². The molecule has 0 saturated carbocycles. The minimum atomic E-state index is -0.536. The van der Waals surface area contributed by atoms with Gasteiger partial charge in [0.1, 0.15) is 11.6 Å². The van der Waals surface area contributed by atoms with Crippen molar-refractivity contribution in [2.75, 3.05) is 11.9 Å². The molecule has 0 aliphatic carbocycles. The first kappa shape index (κ1) is 17.4. The summed E-state index contributed by atoms with van der Waals surface area (Å²) in [5.74, 6) is 0.748. The molecule has 1 amide bonds. The molecule has 3 rings (SSSR count). The number of para-hydroxylation sites is 1. The van der Waals surface area contributed by atoms with Crippen LogP contribution in [0.2, 0.25) is 0 Å². The van der Waals surface area contributed by atoms with Crippen LogP contribution in [0.5, 0.6) is 0 Å². The van der Waals surface area contributed by atoms with E-state index in [9.17, 15) is 4.79 Å². The summed E-state index contributed by atoms with van der Waals surface area (Å²) in [4.78, 5) is 21.5. The maximum absolute atomic E-state index is 12.4. The molecular weight excluding hydrogens is 316 g/mol. The number of fused-ring (bicyclic) bond motifs is 3. The smallest absolute Gasteiger partial charge is 0.254 e. The Hall–Kier alpha value is -2.47. The third-order valence-corrected chi connectivity index (χ3v) is 4.04. The number of nitrogens with one attached hydrogen (secondary N) is 1. The number of hydrogen-bond donors (Lipinski definition) is 1. The summed E-state index contributed by atoms with van der Waals surface area (Å²) in [5.41, 5.74) is 2.54. The van der Waals surface area contributed by atoms with Gasteiger partial charge in [0, 0.05) is 18.5 Å². The Morgan fingerprint density at radius 3 is 2.76 bits per heavy atom. The number of aromatic nitrogens is 3. The van der Waals surface area contributed by atoms with Crippen molar-refractivity contribution < 1.29 is 9.53 Å². The number of hydrogen-bond acceptors (Lipinski definition) is 4. The molecule has 6 heteroatoms. The van der Waals surface area contributed by atoms with Gasteiger partial charge in [0.2, 0.25) is 0 Å². The number of benzene rings is 1. The second-order valence-corrected chi connectivity index (χ2v) is 6.55. The summed E-state index contributed by atoms with van der Waals surface area (Å²) in [6.45, 7) is 9.27. The highest BCUT2D eigenvalue weighted by atomic mass is 16.5. The average molecular weight is 340 g/mol. The van der Waals surface area contributed by atoms with E-state index < -0.39 is 6.10 Å². The van der Waals surface area contributed by atoms with Crippen LogP contribution in [0, 0.1) is 5.92 Å². The Bertz CT molecular complexity index is 901. The highest BCUT2D eigenvalue weighted by Crippen LogP contribution is 2.29. The van der Waals surface area contributed by atoms with Crippen molar-refractivity contribution in [3.05, 3.63) is 30.6 Å². The molecule has 132 valence electrons. The first-order valence-electron chi connectivity index (χ1n) is 8.67. The number of carbonyl (C=O) groups is 1. The third-order valence-electron chi connectivity index (χ3n) is 4.04. The van der Waals surface area contributed by atoms with E-state index in [1.54, 1.807) is 6.92 Å². The number of imidazole rings is 1. The van der Waals surface area contributed by atoms with Gasteiger partial charge < -0.3 is 14.6 Å². The van der Waals surface area contributed by atoms with E-state index >= 15 is 0 Å². The highest BCUT2D eigenvalue weighted by molar-refractivity contribution is 6.09. The molecule has 0 aliphatic rings. The van der Waals surface area contributed by atoms with Gasteiger partial charge in [-0.25, -0.2) is 9.97 Å². The lowest BCUT2D eigenvalue weighted by Crippen LogP contribution is -2.28. The average Bonchev–Trinajstić information content (AvgIpc) is 2.99. The molecule has 6 nitrogen and oxygen atoms in total. The number of anilines is 1. The second kappa shape index (κ2) is 7.19. The van der Waals surface area contributed by atoms with E-state index in [0.29, 0.717) is 23.9 Å². The number of amides is 1. The van der Waals surface area contributed by atoms with Gasteiger partial charge >= 0.3 is 0 Å². The summed E-state index contributed by atoms with van der Waals surface area (Å²) in [5, 5.41) is 3.91. The Balaban J connectivity index is 2.12. The second-order valence-electron chi connectivity index (χ2n) is 6.55. The summed E-state index contributed by atoms with van der Waals surface area (Å²) < 4.78 is 7.50. The van der Waals surface area contributed by atoms with Crippen LogP contribution < -0.4 is 5.32 Å². The monoisotopic (exact) mass is 340 g/mol. The van der Waals surface area contributed by atoms with Gasteiger partial charge in [0.25, 0.3) is 5.91 Å². The molecule has 1 aromatic carbocycles. The number of carbonyl (C=O) groups excluding carboxylic acids is 1. The Morgan fingerprint density at radius 2 is 2.04 bits per heavy atom. The van der Waals surface area contributed by atoms with Gasteiger partial charge in [0.15, 0.2) is 5.82 Å². The Morgan fingerprint density at radius 1 is 1.28 bits per heavy atom. The van der Waals surface area contributed by atoms with Crippen LogP contribution in [0.1, 0.15) is 27.7 Å². The first-order valence-corrected chi connectivity index (χ1v) is 8.67. The van der Waals surface area contributed by atoms with Crippen molar-refractivity contribution in [3.8, 4) is 0 Å². The zero-order chi connectivity index (χ0) is 18.0. The van der Waals surface area contributed by atoms with E-state index in [2.05, 4.69) is 33.7 Å². The fraction of sp³-hybridized carbons (Fsp3) is 0.421. The van der Waals surface area contributed by atoms with Crippen LogP contribution in [0.25, 0.3) is 21.9 Å². The zero-order valence-electron chi connectivity index (χ0n) is 15.1. The number of nitrogens with zero attached hydrogens (tertiary/aromatic N) is 3. The molecule has 3 aromatic rings. The normalized spacial score (nSPS) is 12.8. The minimum Gasteiger partial charge on any atom is -0.369 e. The maximum atomic E-state index is 12.4. The molecule has 0 spiro atoms. The van der Waals surface area contributed by atoms with E-state index in [-0.39, 0.29) is 5.91 Å². The summed E-state index contributed by atoms with van der Waals surface area (Å²) in [6.07, 6.45) is 1.28. The predicted octanol–water partition coefficient (Wildman–Crippen LogP) is 3.60. The molecule has 2 aromatic heterocycles. The van der Waals surface area contributed by atoms with E-state index in [1.165, 1.54) is 0 Å². The SMILES string of the molecule is CCOC(C)C(=O)Nc1nc2ccccc2c2c1ncn2CC(C)C. The topological polar surface area (TPSA) is 69.0 Å². The third kappa shape index (κ3) is 3.49. The molecule has 0 fully saturated rings. The zero-order valence-corrected chi connectivity index (χ0v) is 15.1. The van der Waals surface area contributed by atoms with Crippen molar-refractivity contribution in [3.63, 3.8) is 0 Å². The van der Waals surface area contributed by atoms with Crippen molar-refractivity contribution >= 4 is 33.7 Å². The van der Waals surface area contributed by atoms with Gasteiger partial charge in [0.05, 0.1) is 17.4 Å². The van der Waals surface area contributed by atoms with Crippen LogP contribution in [-0.4, -0.2) is 33.2 Å². The minimum absolute atomic E-state index is 0.218. The van der Waals surface area contributed by atoms with Gasteiger partial charge in [-0.05, 0) is 25.8 Å². The van der Waals surface area contributed by atoms with Crippen molar-refractivity contribution in [1.82, 2.24) is 14.5 Å². The highest BCUT2D eigenvalue weighted by Gasteiger charge is 2.19. The van der Waals surface area contributed by atoms with E-state index in [4.69, 9.17) is 4.74 Å². The molecule has 2 heterocycles. The number of ether oxygens (including phenoxy) is 1. The Labute approximate surface area is 147 Å². The van der Waals surface area contributed by atoms with Crippen LogP contribution in [0.15, 0.2) is 30.6 Å². The lowest BCUT2D eigenvalue weighted by molar-refractivity contribution is -0.126. The van der Waals surface area contributed by atoms with E-state index in [1.807, 2.05) is 37.5 Å².